The molecule has 0 aromatic carbocycles. The Morgan fingerprint density at radius 1 is 1.50 bits per heavy atom. The molecule has 0 unspecified atom stereocenters. The molecule has 2 bridgehead atoms. The number of carbonyl (C=O) groups excluding carboxylic acids is 2. The Bertz CT molecular complexity index is 722. The maximum absolute atomic E-state index is 12.1. The van der Waals surface area contributed by atoms with Crippen LogP contribution in [-0.2, 0) is 30.9 Å². The first-order chi connectivity index (χ1) is 11.3. The van der Waals surface area contributed by atoms with Crippen molar-refractivity contribution >= 4 is 22.3 Å². The molecule has 3 N–H and O–H groups in total. The Balaban J connectivity index is 1.58. The van der Waals surface area contributed by atoms with Gasteiger partial charge in [-0.15, -0.1) is 4.28 Å². The van der Waals surface area contributed by atoms with Gasteiger partial charge in [0.05, 0.1) is 6.04 Å². The van der Waals surface area contributed by atoms with Gasteiger partial charge in [-0.05, 0) is 12.8 Å². The maximum Gasteiger partial charge on any atom is 0.418 e. The van der Waals surface area contributed by atoms with Crippen molar-refractivity contribution in [3.63, 3.8) is 0 Å². The predicted molar refractivity (Wildman–Crippen MR) is 72.7 cm³/mol. The van der Waals surface area contributed by atoms with Crippen molar-refractivity contribution in [1.29, 1.82) is 0 Å². The van der Waals surface area contributed by atoms with Crippen LogP contribution in [0.25, 0.3) is 0 Å². The highest BCUT2D eigenvalue weighted by atomic mass is 32.3. The summed E-state index contributed by atoms with van der Waals surface area (Å²) in [5.74, 6) is -0.227. The summed E-state index contributed by atoms with van der Waals surface area (Å²) in [5.41, 5.74) is 2.20. The van der Waals surface area contributed by atoms with E-state index in [0.717, 1.165) is 4.90 Å². The van der Waals surface area contributed by atoms with Crippen LogP contribution in [0.4, 0.5) is 4.79 Å². The summed E-state index contributed by atoms with van der Waals surface area (Å²) in [6, 6.07) is -2.21. The van der Waals surface area contributed by atoms with E-state index >= 15 is 0 Å². The number of nitrogens with one attached hydrogen (secondary N) is 2. The van der Waals surface area contributed by atoms with Gasteiger partial charge in [-0.2, -0.15) is 18.6 Å². The average molecular weight is 362 g/mol. The molecule has 13 nitrogen and oxygen atoms in total. The minimum absolute atomic E-state index is 0.0590. The molecule has 132 valence electrons. The normalized spacial score (nSPS) is 23.6. The highest BCUT2D eigenvalue weighted by Crippen LogP contribution is 2.30. The molecule has 0 aliphatic carbocycles. The smallest absolute Gasteiger partial charge is 0.309 e. The molecule has 0 spiro atoms. The molecule has 14 heteroatoms. The Labute approximate surface area is 135 Å². The van der Waals surface area contributed by atoms with E-state index < -0.39 is 34.4 Å². The number of hydroxylamine groups is 3. The third-order valence-corrected chi connectivity index (χ3v) is 3.99. The van der Waals surface area contributed by atoms with Gasteiger partial charge in [0.2, 0.25) is 0 Å². The number of H-pyrrole nitrogens is 1. The average Bonchev–Trinajstić information content (AvgIpc) is 3.10. The fourth-order valence-corrected chi connectivity index (χ4v) is 3.04. The molecule has 1 aromatic rings. The molecule has 3 rings (SSSR count). The van der Waals surface area contributed by atoms with Gasteiger partial charge in [-0.3, -0.25) is 19.3 Å². The summed E-state index contributed by atoms with van der Waals surface area (Å²) in [7, 11) is -4.82. The van der Waals surface area contributed by atoms with E-state index in [0.29, 0.717) is 17.3 Å². The van der Waals surface area contributed by atoms with E-state index in [4.69, 9.17) is 9.39 Å². The van der Waals surface area contributed by atoms with Crippen molar-refractivity contribution < 1.29 is 31.7 Å². The minimum Gasteiger partial charge on any atom is -0.309 e. The number of urea groups is 1. The minimum atomic E-state index is -4.82. The lowest BCUT2D eigenvalue weighted by molar-refractivity contribution is -0.140. The van der Waals surface area contributed by atoms with Crippen molar-refractivity contribution in [3.05, 3.63) is 12.2 Å². The number of amides is 3. The SMILES string of the molecule is O=C(NOCc1nc[nH]n1)[C@@H]1CC[C@@H]2CN1C(=O)N2OS(=O)(=O)O. The second-order valence-corrected chi connectivity index (χ2v) is 6.18. The lowest BCUT2D eigenvalue weighted by atomic mass is 10.0. The molecule has 0 saturated carbocycles. The van der Waals surface area contributed by atoms with Crippen LogP contribution in [0, 0.1) is 0 Å². The zero-order valence-electron chi connectivity index (χ0n) is 12.2. The van der Waals surface area contributed by atoms with E-state index in [2.05, 4.69) is 24.9 Å². The Hall–Kier alpha value is -2.29. The summed E-state index contributed by atoms with van der Waals surface area (Å²) in [4.78, 5) is 34.2. The van der Waals surface area contributed by atoms with Crippen molar-refractivity contribution in [2.75, 3.05) is 6.54 Å². The van der Waals surface area contributed by atoms with Crippen molar-refractivity contribution in [1.82, 2.24) is 30.6 Å². The van der Waals surface area contributed by atoms with E-state index in [-0.39, 0.29) is 19.6 Å². The van der Waals surface area contributed by atoms with Gasteiger partial charge in [0.1, 0.15) is 19.0 Å². The van der Waals surface area contributed by atoms with Crippen LogP contribution >= 0.6 is 0 Å². The number of aromatic amines is 1. The quantitative estimate of drug-likeness (QED) is 0.397. The van der Waals surface area contributed by atoms with Gasteiger partial charge in [0.15, 0.2) is 5.82 Å². The zero-order valence-corrected chi connectivity index (χ0v) is 13.0. The molecule has 2 atom stereocenters. The molecule has 3 heterocycles. The molecule has 3 amide bonds. The van der Waals surface area contributed by atoms with E-state index in [9.17, 15) is 18.0 Å². The van der Waals surface area contributed by atoms with Gasteiger partial charge >= 0.3 is 16.4 Å². The van der Waals surface area contributed by atoms with Crippen molar-refractivity contribution in [2.24, 2.45) is 0 Å². The maximum atomic E-state index is 12.1. The summed E-state index contributed by atoms with van der Waals surface area (Å²) in [6.07, 6.45) is 1.98. The number of nitrogens with zero attached hydrogens (tertiary/aromatic N) is 4. The van der Waals surface area contributed by atoms with Crippen LogP contribution in [0.5, 0.6) is 0 Å². The first-order valence-electron chi connectivity index (χ1n) is 6.88. The highest BCUT2D eigenvalue weighted by molar-refractivity contribution is 7.80. The molecular formula is C10H14N6O7S. The summed E-state index contributed by atoms with van der Waals surface area (Å²) in [6.45, 7) is 0.0455. The zero-order chi connectivity index (χ0) is 17.3. The van der Waals surface area contributed by atoms with E-state index in [1.807, 2.05) is 0 Å². The van der Waals surface area contributed by atoms with Gasteiger partial charge < -0.3 is 4.90 Å². The van der Waals surface area contributed by atoms with Crippen molar-refractivity contribution in [2.45, 2.75) is 31.5 Å². The van der Waals surface area contributed by atoms with Gasteiger partial charge in [-0.25, -0.2) is 15.3 Å². The van der Waals surface area contributed by atoms with Crippen LogP contribution in [0.2, 0.25) is 0 Å². The van der Waals surface area contributed by atoms with E-state index in [1.165, 1.54) is 6.33 Å². The third kappa shape index (κ3) is 3.45. The Kier molecular flexibility index (Phi) is 4.35. The van der Waals surface area contributed by atoms with Crippen LogP contribution < -0.4 is 5.48 Å². The van der Waals surface area contributed by atoms with Gasteiger partial charge in [0, 0.05) is 6.54 Å². The molecule has 24 heavy (non-hydrogen) atoms. The predicted octanol–water partition coefficient (Wildman–Crippen LogP) is -1.64. The number of rotatable bonds is 6. The lowest BCUT2D eigenvalue weighted by Crippen LogP contribution is -2.49. The first-order valence-corrected chi connectivity index (χ1v) is 8.25. The lowest BCUT2D eigenvalue weighted by Gasteiger charge is -2.28. The Morgan fingerprint density at radius 2 is 2.29 bits per heavy atom. The molecule has 2 aliphatic heterocycles. The second-order valence-electron chi connectivity index (χ2n) is 5.18. The second kappa shape index (κ2) is 6.31. The summed E-state index contributed by atoms with van der Waals surface area (Å²) in [5, 5.41) is 6.79. The number of aromatic nitrogens is 3. The molecule has 2 saturated heterocycles. The number of carbonyl (C=O) groups is 2. The topological polar surface area (TPSA) is 167 Å². The van der Waals surface area contributed by atoms with Gasteiger partial charge in [-0.1, -0.05) is 0 Å². The van der Waals surface area contributed by atoms with E-state index in [1.54, 1.807) is 0 Å². The largest absolute Gasteiger partial charge is 0.418 e. The fraction of sp³-hybridized carbons (Fsp3) is 0.600. The first kappa shape index (κ1) is 16.6. The number of hydrogen-bond donors (Lipinski definition) is 3. The van der Waals surface area contributed by atoms with Gasteiger partial charge in [0.25, 0.3) is 5.91 Å². The Morgan fingerprint density at radius 3 is 2.96 bits per heavy atom. The highest BCUT2D eigenvalue weighted by Gasteiger charge is 2.49. The monoisotopic (exact) mass is 362 g/mol. The number of piperidine rings is 1. The van der Waals surface area contributed by atoms with Crippen LogP contribution in [0.15, 0.2) is 6.33 Å². The van der Waals surface area contributed by atoms with Crippen LogP contribution in [0.3, 0.4) is 0 Å². The number of fused-ring (bicyclic) bond motifs is 2. The third-order valence-electron chi connectivity index (χ3n) is 3.64. The standard InChI is InChI=1S/C10H14N6O7S/c17-9(14-22-4-8-11-5-12-13-8)7-2-1-6-3-15(7)10(18)16(6)23-24(19,20)21/h5-7H,1-4H2,(H,14,17)(H,11,12,13)(H,19,20,21)/t6-,7+/m1/s1. The van der Waals surface area contributed by atoms with Crippen LogP contribution in [0.1, 0.15) is 18.7 Å². The molecule has 0 radical (unpaired) electrons. The molecule has 1 aromatic heterocycles. The number of hydrogen-bond acceptors (Lipinski definition) is 8. The molecule has 2 aliphatic rings. The molecular weight excluding hydrogens is 348 g/mol. The van der Waals surface area contributed by atoms with Crippen LogP contribution in [-0.4, -0.2) is 68.7 Å². The fourth-order valence-electron chi connectivity index (χ4n) is 2.65. The summed E-state index contributed by atoms with van der Waals surface area (Å²) >= 11 is 0. The summed E-state index contributed by atoms with van der Waals surface area (Å²) < 4.78 is 34.6. The van der Waals surface area contributed by atoms with Crippen molar-refractivity contribution in [3.8, 4) is 0 Å². The molecule has 2 fully saturated rings.